The van der Waals surface area contributed by atoms with Gasteiger partial charge < -0.3 is 0 Å². The first-order chi connectivity index (χ1) is 14.3. The quantitative estimate of drug-likeness (QED) is 0.268. The van der Waals surface area contributed by atoms with E-state index in [2.05, 4.69) is 88.4 Å². The van der Waals surface area contributed by atoms with Crippen molar-refractivity contribution < 1.29 is 4.57 Å². The molecule has 0 saturated heterocycles. The largest absolute Gasteiger partial charge is 0.252 e. The molecule has 1 heterocycles. The van der Waals surface area contributed by atoms with Gasteiger partial charge >= 0.3 is 0 Å². The lowest BCUT2D eigenvalue weighted by atomic mass is 9.92. The Labute approximate surface area is 168 Å². The predicted octanol–water partition coefficient (Wildman–Crippen LogP) is 6.03. The first kappa shape index (κ1) is 16.2. The second kappa shape index (κ2) is 6.39. The van der Waals surface area contributed by atoms with Crippen LogP contribution in [0.25, 0.3) is 43.1 Å². The maximum absolute atomic E-state index is 4.17. The molecule has 2 nitrogen and oxygen atoms in total. The van der Waals surface area contributed by atoms with Crippen LogP contribution in [0.1, 0.15) is 5.56 Å². The van der Waals surface area contributed by atoms with Gasteiger partial charge in [0.25, 0.3) is 0 Å². The summed E-state index contributed by atoms with van der Waals surface area (Å²) in [6.07, 6.45) is 7.76. The Morgan fingerprint density at radius 1 is 0.552 bits per heavy atom. The zero-order valence-electron chi connectivity index (χ0n) is 15.9. The molecule has 0 fully saturated rings. The SMILES string of the molecule is c1ccc2cc3c(C[n+]4ccncc4)c4cc5ccccc5cc4cc3cc2c1. The van der Waals surface area contributed by atoms with Crippen LogP contribution >= 0.6 is 0 Å². The van der Waals surface area contributed by atoms with Crippen LogP contribution in [0.15, 0.2) is 104 Å². The highest BCUT2D eigenvalue weighted by Crippen LogP contribution is 2.34. The fourth-order valence-corrected chi connectivity index (χ4v) is 4.40. The lowest BCUT2D eigenvalue weighted by Gasteiger charge is -2.12. The van der Waals surface area contributed by atoms with E-state index < -0.39 is 0 Å². The molecule has 6 rings (SSSR count). The summed E-state index contributed by atoms with van der Waals surface area (Å²) < 4.78 is 2.20. The van der Waals surface area contributed by atoms with Crippen molar-refractivity contribution in [3.63, 3.8) is 0 Å². The molecule has 0 N–H and O–H groups in total. The first-order valence-electron chi connectivity index (χ1n) is 9.91. The van der Waals surface area contributed by atoms with Crippen LogP contribution in [0.4, 0.5) is 0 Å². The molecule has 1 aromatic heterocycles. The Hall–Kier alpha value is -3.78. The van der Waals surface area contributed by atoms with E-state index in [1.807, 2.05) is 24.8 Å². The van der Waals surface area contributed by atoms with Gasteiger partial charge in [-0.2, -0.15) is 4.57 Å². The van der Waals surface area contributed by atoms with Crippen molar-refractivity contribution in [1.82, 2.24) is 4.98 Å². The molecule has 5 aromatic carbocycles. The third kappa shape index (κ3) is 2.73. The molecule has 0 atom stereocenters. The van der Waals surface area contributed by atoms with Crippen LogP contribution in [0.5, 0.6) is 0 Å². The highest BCUT2D eigenvalue weighted by atomic mass is 14.9. The molecule has 0 amide bonds. The van der Waals surface area contributed by atoms with Crippen molar-refractivity contribution in [3.05, 3.63) is 109 Å². The van der Waals surface area contributed by atoms with Crippen molar-refractivity contribution in [2.45, 2.75) is 6.54 Å². The maximum Gasteiger partial charge on any atom is 0.187 e. The number of nitrogens with zero attached hydrogens (tertiary/aromatic N) is 2. The van der Waals surface area contributed by atoms with Crippen LogP contribution in [0.3, 0.4) is 0 Å². The standard InChI is InChI=1S/C27H19N2/c1-3-7-21-16-25-23(13-19(21)5-1)15-24-14-20-6-2-4-8-22(20)17-26(24)27(25)18-29-11-9-28-10-12-29/h1-17H,18H2/q+1. The lowest BCUT2D eigenvalue weighted by Crippen LogP contribution is -2.33. The van der Waals surface area contributed by atoms with Crippen molar-refractivity contribution in [2.24, 2.45) is 0 Å². The van der Waals surface area contributed by atoms with Gasteiger partial charge in [-0.3, -0.25) is 4.98 Å². The Morgan fingerprint density at radius 2 is 1.00 bits per heavy atom. The van der Waals surface area contributed by atoms with Crippen molar-refractivity contribution in [1.29, 1.82) is 0 Å². The van der Waals surface area contributed by atoms with E-state index in [4.69, 9.17) is 0 Å². The monoisotopic (exact) mass is 371 g/mol. The Morgan fingerprint density at radius 3 is 1.52 bits per heavy atom. The minimum atomic E-state index is 0.813. The molecule has 2 heteroatoms. The lowest BCUT2D eigenvalue weighted by molar-refractivity contribution is -0.688. The third-order valence-electron chi connectivity index (χ3n) is 5.83. The van der Waals surface area contributed by atoms with Gasteiger partial charge in [-0.05, 0) is 73.4 Å². The van der Waals surface area contributed by atoms with Gasteiger partial charge in [0.1, 0.15) is 0 Å². The Balaban J connectivity index is 1.75. The maximum atomic E-state index is 4.17. The second-order valence-corrected chi connectivity index (χ2v) is 7.61. The van der Waals surface area contributed by atoms with Crippen LogP contribution in [0, 0.1) is 0 Å². The molecule has 0 bridgehead atoms. The van der Waals surface area contributed by atoms with E-state index >= 15 is 0 Å². The molecule has 136 valence electrons. The minimum Gasteiger partial charge on any atom is -0.252 e. The second-order valence-electron chi connectivity index (χ2n) is 7.61. The van der Waals surface area contributed by atoms with Gasteiger partial charge in [0.05, 0.1) is 12.4 Å². The highest BCUT2D eigenvalue weighted by molar-refractivity contribution is 6.10. The summed E-state index contributed by atoms with van der Waals surface area (Å²) in [4.78, 5) is 4.17. The van der Waals surface area contributed by atoms with E-state index in [-0.39, 0.29) is 0 Å². The molecule has 0 aliphatic rings. The summed E-state index contributed by atoms with van der Waals surface area (Å²) in [5, 5.41) is 10.3. The molecular formula is C27H19N2+. The molecule has 0 unspecified atom stereocenters. The number of hydrogen-bond donors (Lipinski definition) is 0. The summed E-state index contributed by atoms with van der Waals surface area (Å²) in [6, 6.07) is 28.9. The van der Waals surface area contributed by atoms with Gasteiger partial charge in [-0.15, -0.1) is 0 Å². The predicted molar refractivity (Wildman–Crippen MR) is 120 cm³/mol. The van der Waals surface area contributed by atoms with Crippen molar-refractivity contribution >= 4 is 43.1 Å². The summed E-state index contributed by atoms with van der Waals surface area (Å²) in [7, 11) is 0. The minimum absolute atomic E-state index is 0.813. The van der Waals surface area contributed by atoms with E-state index in [9.17, 15) is 0 Å². The topological polar surface area (TPSA) is 16.8 Å². The number of fused-ring (bicyclic) bond motifs is 4. The average molecular weight is 371 g/mol. The highest BCUT2D eigenvalue weighted by Gasteiger charge is 2.14. The summed E-state index contributed by atoms with van der Waals surface area (Å²) in [5.41, 5.74) is 1.35. The van der Waals surface area contributed by atoms with Crippen molar-refractivity contribution in [2.75, 3.05) is 0 Å². The normalized spacial score (nSPS) is 11.6. The van der Waals surface area contributed by atoms with Gasteiger partial charge in [0.2, 0.25) is 0 Å². The van der Waals surface area contributed by atoms with E-state index in [1.165, 1.54) is 48.7 Å². The van der Waals surface area contributed by atoms with Crippen LogP contribution in [-0.4, -0.2) is 4.98 Å². The van der Waals surface area contributed by atoms with Gasteiger partial charge in [-0.1, -0.05) is 48.5 Å². The molecular weight excluding hydrogens is 352 g/mol. The molecule has 0 spiro atoms. The van der Waals surface area contributed by atoms with Gasteiger partial charge in [0, 0.05) is 5.56 Å². The van der Waals surface area contributed by atoms with Gasteiger partial charge in [-0.25, -0.2) is 0 Å². The van der Waals surface area contributed by atoms with E-state index in [0.717, 1.165) is 6.54 Å². The van der Waals surface area contributed by atoms with Crippen LogP contribution < -0.4 is 4.57 Å². The first-order valence-corrected chi connectivity index (χ1v) is 9.91. The Bertz CT molecular complexity index is 1420. The number of rotatable bonds is 2. The molecule has 0 radical (unpaired) electrons. The van der Waals surface area contributed by atoms with E-state index in [0.29, 0.717) is 0 Å². The number of aromatic nitrogens is 2. The summed E-state index contributed by atoms with van der Waals surface area (Å²) in [5.74, 6) is 0. The molecule has 0 aliphatic carbocycles. The summed E-state index contributed by atoms with van der Waals surface area (Å²) >= 11 is 0. The average Bonchev–Trinajstić information content (AvgIpc) is 2.77. The number of hydrogen-bond acceptors (Lipinski definition) is 1. The number of benzene rings is 5. The zero-order chi connectivity index (χ0) is 19.2. The third-order valence-corrected chi connectivity index (χ3v) is 5.83. The zero-order valence-corrected chi connectivity index (χ0v) is 15.9. The summed E-state index contributed by atoms with van der Waals surface area (Å²) in [6.45, 7) is 0.813. The van der Waals surface area contributed by atoms with Gasteiger partial charge in [0.15, 0.2) is 18.9 Å². The van der Waals surface area contributed by atoms with Crippen molar-refractivity contribution in [3.8, 4) is 0 Å². The smallest absolute Gasteiger partial charge is 0.187 e. The van der Waals surface area contributed by atoms with Crippen LogP contribution in [0.2, 0.25) is 0 Å². The fourth-order valence-electron chi connectivity index (χ4n) is 4.40. The molecule has 6 aromatic rings. The fraction of sp³-hybridized carbons (Fsp3) is 0.0370. The molecule has 0 saturated carbocycles. The molecule has 29 heavy (non-hydrogen) atoms. The van der Waals surface area contributed by atoms with Crippen LogP contribution in [-0.2, 0) is 6.54 Å². The molecule has 0 aliphatic heterocycles. The Kier molecular flexibility index (Phi) is 3.57. The van der Waals surface area contributed by atoms with E-state index in [1.54, 1.807) is 0 Å².